The van der Waals surface area contributed by atoms with Crippen LogP contribution in [0.25, 0.3) is 0 Å². The van der Waals surface area contributed by atoms with Crippen molar-refractivity contribution in [2.75, 3.05) is 0 Å². The normalized spacial score (nSPS) is 7.22. The van der Waals surface area contributed by atoms with E-state index in [1.807, 2.05) is 6.92 Å². The average Bonchev–Trinajstić information content (AvgIpc) is 1.87. The van der Waals surface area contributed by atoms with E-state index >= 15 is 0 Å². The second-order valence-electron chi connectivity index (χ2n) is 1.09. The molecule has 1 heterocycles. The third-order valence-electron chi connectivity index (χ3n) is 0.507. The third-order valence-corrected chi connectivity index (χ3v) is 1.47. The van der Waals surface area contributed by atoms with Gasteiger partial charge in [-0.1, -0.05) is 0 Å². The zero-order valence-electron chi connectivity index (χ0n) is 5.29. The van der Waals surface area contributed by atoms with Crippen molar-refractivity contribution in [3.63, 3.8) is 0 Å². The van der Waals surface area contributed by atoms with Crippen molar-refractivity contribution in [3.8, 4) is 0 Å². The molecular weight excluding hydrogens is 229 g/mol. The van der Waals surface area contributed by atoms with Crippen LogP contribution in [0.1, 0.15) is 5.01 Å². The van der Waals surface area contributed by atoms with E-state index < -0.39 is 0 Å². The fourth-order valence-corrected chi connectivity index (χ4v) is 1.10. The van der Waals surface area contributed by atoms with E-state index in [9.17, 15) is 0 Å². The number of rotatable bonds is 0. The summed E-state index contributed by atoms with van der Waals surface area (Å²) in [5.74, 6) is 0. The molecule has 0 aliphatic rings. The van der Waals surface area contributed by atoms with Crippen LogP contribution >= 0.6 is 11.3 Å². The molecule has 0 aliphatic heterocycles. The maximum atomic E-state index is 4.68. The Kier molecular flexibility index (Phi) is 7.64. The molecule has 5 heteroatoms. The van der Waals surface area contributed by atoms with Gasteiger partial charge in [-0.15, -0.1) is 0 Å². The monoisotopic (exact) mass is 235 g/mol. The first-order valence-corrected chi connectivity index (χ1v) is 2.98. The van der Waals surface area contributed by atoms with Gasteiger partial charge in [0.1, 0.15) is 0 Å². The first-order chi connectivity index (χ1) is 3.29. The van der Waals surface area contributed by atoms with Crippen molar-refractivity contribution in [2.45, 2.75) is 11.3 Å². The third kappa shape index (κ3) is 4.20. The average molecular weight is 235 g/mol. The van der Waals surface area contributed by atoms with Gasteiger partial charge in [0.25, 0.3) is 0 Å². The van der Waals surface area contributed by atoms with Crippen LogP contribution < -0.4 is 0 Å². The summed E-state index contributed by atoms with van der Waals surface area (Å²) in [7, 11) is 0. The summed E-state index contributed by atoms with van der Waals surface area (Å²) in [6, 6.07) is 0. The van der Waals surface area contributed by atoms with Gasteiger partial charge in [0.05, 0.1) is 0 Å². The molecule has 1 aromatic heterocycles. The molecule has 47 valence electrons. The quantitative estimate of drug-likeness (QED) is 0.499. The summed E-state index contributed by atoms with van der Waals surface area (Å²) < 4.78 is 0.623. The van der Waals surface area contributed by atoms with Crippen molar-refractivity contribution >= 4 is 24.0 Å². The molecule has 0 saturated heterocycles. The van der Waals surface area contributed by atoms with E-state index in [4.69, 9.17) is 0 Å². The van der Waals surface area contributed by atoms with Crippen molar-refractivity contribution < 1.29 is 32.7 Å². The van der Waals surface area contributed by atoms with Gasteiger partial charge in [-0.25, -0.2) is 0 Å². The van der Waals surface area contributed by atoms with Gasteiger partial charge in [-0.05, 0) is 11.3 Å². The van der Waals surface area contributed by atoms with Gasteiger partial charge in [0.15, 0.2) is 0 Å². The molecule has 0 atom stereocenters. The Morgan fingerprint density at radius 1 is 1.44 bits per heavy atom. The first kappa shape index (κ1) is 12.4. The molecule has 0 aliphatic carbocycles. The Balaban J connectivity index is 0. The summed E-state index contributed by atoms with van der Waals surface area (Å²) >= 11 is 6.11. The Labute approximate surface area is 89.8 Å². The minimum absolute atomic E-state index is 0. The summed E-state index contributed by atoms with van der Waals surface area (Å²) in [5.41, 5.74) is 0. The Morgan fingerprint density at radius 2 is 2.00 bits per heavy atom. The first-order valence-electron chi connectivity index (χ1n) is 1.76. The number of aryl methyl sites for hydroxylation is 1. The molecule has 0 bridgehead atoms. The van der Waals surface area contributed by atoms with E-state index in [1.54, 1.807) is 0 Å². The molecule has 0 fully saturated rings. The van der Waals surface area contributed by atoms with Crippen LogP contribution in [0.5, 0.6) is 0 Å². The SMILES string of the molecule is Cc1nnc([S-])s1.[CH3+].[Y]. The molecular formula is C4H6N2S2Y. The van der Waals surface area contributed by atoms with Gasteiger partial charge in [0, 0.05) is 45.1 Å². The van der Waals surface area contributed by atoms with E-state index in [2.05, 4.69) is 22.8 Å². The second kappa shape index (κ2) is 5.53. The Hall–Kier alpha value is 0.754. The van der Waals surface area contributed by atoms with Crippen LogP contribution in [0, 0.1) is 14.4 Å². The zero-order chi connectivity index (χ0) is 5.28. The standard InChI is InChI=1S/C3H4N2S2.CH3.Y/c1-2-4-5-3(6)7-2;;/h1H3,(H,5,6);1H3;/q;+1;/p-1. The molecule has 0 amide bonds. The van der Waals surface area contributed by atoms with E-state index in [1.165, 1.54) is 11.3 Å². The Bertz CT molecular complexity index is 149. The van der Waals surface area contributed by atoms with Crippen molar-refractivity contribution in [1.29, 1.82) is 0 Å². The van der Waals surface area contributed by atoms with Crippen LogP contribution in [-0.4, -0.2) is 10.2 Å². The predicted molar refractivity (Wildman–Crippen MR) is 36.7 cm³/mol. The van der Waals surface area contributed by atoms with Crippen molar-refractivity contribution in [3.05, 3.63) is 12.4 Å². The minimum atomic E-state index is 0. The number of hydrogen-bond acceptors (Lipinski definition) is 4. The fraction of sp³-hybridized carbons (Fsp3) is 0.250. The van der Waals surface area contributed by atoms with Gasteiger partial charge in [-0.2, -0.15) is 10.2 Å². The van der Waals surface area contributed by atoms with Crippen LogP contribution in [0.4, 0.5) is 0 Å². The maximum Gasteiger partial charge on any atom is 0.0467 e. The second-order valence-corrected chi connectivity index (χ2v) is 2.91. The smallest absolute Gasteiger partial charge is 0.0467 e. The molecule has 0 N–H and O–H groups in total. The summed E-state index contributed by atoms with van der Waals surface area (Å²) in [4.78, 5) is 0. The maximum absolute atomic E-state index is 4.68. The van der Waals surface area contributed by atoms with Gasteiger partial charge in [-0.3, -0.25) is 0 Å². The van der Waals surface area contributed by atoms with Crippen molar-refractivity contribution in [2.24, 2.45) is 0 Å². The molecule has 1 rings (SSSR count). The topological polar surface area (TPSA) is 25.8 Å². The van der Waals surface area contributed by atoms with E-state index in [-0.39, 0.29) is 40.1 Å². The molecule has 2 nitrogen and oxygen atoms in total. The molecule has 9 heavy (non-hydrogen) atoms. The van der Waals surface area contributed by atoms with Crippen LogP contribution in [0.3, 0.4) is 0 Å². The van der Waals surface area contributed by atoms with Crippen LogP contribution in [0.2, 0.25) is 0 Å². The number of aromatic nitrogens is 2. The van der Waals surface area contributed by atoms with Crippen molar-refractivity contribution in [1.82, 2.24) is 10.2 Å². The molecule has 0 spiro atoms. The van der Waals surface area contributed by atoms with Gasteiger partial charge >= 0.3 is 0 Å². The molecule has 0 aromatic carbocycles. The summed E-state index contributed by atoms with van der Waals surface area (Å²) in [6.07, 6.45) is 0. The molecule has 0 unspecified atom stereocenters. The van der Waals surface area contributed by atoms with Crippen LogP contribution in [0.15, 0.2) is 4.34 Å². The number of hydrogen-bond donors (Lipinski definition) is 0. The number of nitrogens with zero attached hydrogens (tertiary/aromatic N) is 2. The summed E-state index contributed by atoms with van der Waals surface area (Å²) in [6.45, 7) is 1.88. The van der Waals surface area contributed by atoms with Gasteiger partial charge < -0.3 is 24.0 Å². The van der Waals surface area contributed by atoms with E-state index in [0.29, 0.717) is 4.34 Å². The summed E-state index contributed by atoms with van der Waals surface area (Å²) in [5, 5.41) is 8.22. The molecule has 1 radical (unpaired) electrons. The van der Waals surface area contributed by atoms with Gasteiger partial charge in [0.2, 0.25) is 0 Å². The fourth-order valence-electron chi connectivity index (χ4n) is 0.278. The Morgan fingerprint density at radius 3 is 2.11 bits per heavy atom. The largest absolute Gasteiger partial charge is 0.406 e. The molecule has 0 saturated carbocycles. The molecule has 1 aromatic rings. The minimum Gasteiger partial charge on any atom is -0.406 e. The van der Waals surface area contributed by atoms with Crippen LogP contribution in [-0.2, 0) is 45.3 Å². The van der Waals surface area contributed by atoms with E-state index in [0.717, 1.165) is 5.01 Å². The predicted octanol–water partition coefficient (Wildman–Crippen LogP) is 1.20. The zero-order valence-corrected chi connectivity index (χ0v) is 9.76.